The molecule has 0 aliphatic rings. The van der Waals surface area contributed by atoms with Crippen LogP contribution in [0.3, 0.4) is 0 Å². The summed E-state index contributed by atoms with van der Waals surface area (Å²) in [7, 11) is 0. The van der Waals surface area contributed by atoms with Crippen molar-refractivity contribution in [1.29, 1.82) is 0 Å². The quantitative estimate of drug-likeness (QED) is 0.576. The van der Waals surface area contributed by atoms with Crippen molar-refractivity contribution in [2.24, 2.45) is 0 Å². The highest BCUT2D eigenvalue weighted by Gasteiger charge is 2.25. The first-order valence-electron chi connectivity index (χ1n) is 5.85. The molecule has 7 nitrogen and oxygen atoms in total. The number of aliphatic carboxylic acids is 1. The summed E-state index contributed by atoms with van der Waals surface area (Å²) in [6, 6.07) is 5.19. The van der Waals surface area contributed by atoms with E-state index in [-0.39, 0.29) is 17.7 Å². The molecule has 2 rings (SSSR count). The molecule has 0 bridgehead atoms. The summed E-state index contributed by atoms with van der Waals surface area (Å²) < 4.78 is 0. The van der Waals surface area contributed by atoms with E-state index in [1.807, 2.05) is 0 Å². The highest BCUT2D eigenvalue weighted by Crippen LogP contribution is 2.36. The summed E-state index contributed by atoms with van der Waals surface area (Å²) >= 11 is 1.25. The molecule has 21 heavy (non-hydrogen) atoms. The third kappa shape index (κ3) is 3.11. The number of carboxylic acid groups (broad SMARTS) is 1. The molecule has 2 aromatic rings. The number of phenolic OH excluding ortho intramolecular Hbond substituents is 2. The fourth-order valence-corrected chi connectivity index (χ4v) is 2.76. The zero-order valence-electron chi connectivity index (χ0n) is 10.6. The van der Waals surface area contributed by atoms with Crippen molar-refractivity contribution < 1.29 is 25.0 Å². The molecule has 1 atom stereocenters. The van der Waals surface area contributed by atoms with Crippen LogP contribution >= 0.6 is 11.3 Å². The maximum Gasteiger partial charge on any atom is 0.312 e. The Morgan fingerprint density at radius 2 is 2.05 bits per heavy atom. The first-order chi connectivity index (χ1) is 9.90. The van der Waals surface area contributed by atoms with Crippen LogP contribution in [0.5, 0.6) is 11.5 Å². The van der Waals surface area contributed by atoms with E-state index in [4.69, 9.17) is 0 Å². The molecule has 1 heterocycles. The van der Waals surface area contributed by atoms with Crippen LogP contribution in [0.15, 0.2) is 29.6 Å². The minimum absolute atomic E-state index is 0.0975. The van der Waals surface area contributed by atoms with Gasteiger partial charge in [-0.15, -0.1) is 11.3 Å². The Morgan fingerprint density at radius 1 is 1.33 bits per heavy atom. The van der Waals surface area contributed by atoms with Crippen LogP contribution in [-0.4, -0.2) is 26.2 Å². The number of carbonyl (C=O) groups is 1. The molecule has 0 spiro atoms. The zero-order chi connectivity index (χ0) is 15.6. The molecule has 0 saturated carbocycles. The summed E-state index contributed by atoms with van der Waals surface area (Å²) in [6.07, 6.45) is -0.108. The molecule has 0 amide bonds. The maximum absolute atomic E-state index is 11.3. The monoisotopic (exact) mass is 309 g/mol. The number of aromatic hydroxyl groups is 2. The third-order valence-corrected chi connectivity index (χ3v) is 3.97. The van der Waals surface area contributed by atoms with Gasteiger partial charge >= 0.3 is 11.7 Å². The van der Waals surface area contributed by atoms with Gasteiger partial charge in [-0.05, 0) is 17.9 Å². The lowest BCUT2D eigenvalue weighted by Crippen LogP contribution is -2.13. The standard InChI is InChI=1S/C13H11NO6S/c15-10-6-11(16)9(14(19)20)5-7(10)4-8(13(17)18)12-2-1-3-21-12/h1-3,5-6,8,15-16H,4H2,(H,17,18). The minimum atomic E-state index is -1.09. The number of hydrogen-bond acceptors (Lipinski definition) is 6. The van der Waals surface area contributed by atoms with Gasteiger partial charge in [0.1, 0.15) is 5.75 Å². The number of hydrogen-bond donors (Lipinski definition) is 3. The van der Waals surface area contributed by atoms with Gasteiger partial charge in [0.25, 0.3) is 0 Å². The molecule has 0 aliphatic heterocycles. The van der Waals surface area contributed by atoms with Gasteiger partial charge in [-0.25, -0.2) is 0 Å². The van der Waals surface area contributed by atoms with Crippen molar-refractivity contribution in [3.63, 3.8) is 0 Å². The maximum atomic E-state index is 11.3. The molecular formula is C13H11NO6S. The molecule has 0 radical (unpaired) electrons. The van der Waals surface area contributed by atoms with Gasteiger partial charge in [0.2, 0.25) is 0 Å². The van der Waals surface area contributed by atoms with Crippen LogP contribution in [0.4, 0.5) is 5.69 Å². The Bertz CT molecular complexity index is 682. The van der Waals surface area contributed by atoms with E-state index in [2.05, 4.69) is 0 Å². The number of benzene rings is 1. The molecule has 0 fully saturated rings. The number of phenols is 2. The number of nitrogens with zero attached hydrogens (tertiary/aromatic N) is 1. The van der Waals surface area contributed by atoms with Crippen LogP contribution in [0, 0.1) is 10.1 Å². The second-order valence-corrected chi connectivity index (χ2v) is 5.32. The van der Waals surface area contributed by atoms with Crippen molar-refractivity contribution in [2.45, 2.75) is 12.3 Å². The van der Waals surface area contributed by atoms with Gasteiger partial charge in [-0.3, -0.25) is 14.9 Å². The second-order valence-electron chi connectivity index (χ2n) is 4.34. The normalized spacial score (nSPS) is 12.0. The topological polar surface area (TPSA) is 121 Å². The number of carboxylic acids is 1. The Hall–Kier alpha value is -2.61. The van der Waals surface area contributed by atoms with E-state index in [0.29, 0.717) is 4.88 Å². The molecule has 1 unspecified atom stereocenters. The second kappa shape index (κ2) is 5.80. The molecule has 1 aromatic carbocycles. The number of rotatable bonds is 5. The fraction of sp³-hybridized carbons (Fsp3) is 0.154. The SMILES string of the molecule is O=C(O)C(Cc1cc([N+](=O)[O-])c(O)cc1O)c1cccs1. The Balaban J connectivity index is 2.39. The molecule has 110 valence electrons. The predicted octanol–water partition coefficient (Wildman–Crippen LogP) is 2.48. The Kier molecular flexibility index (Phi) is 4.08. The van der Waals surface area contributed by atoms with Gasteiger partial charge in [0, 0.05) is 22.6 Å². The minimum Gasteiger partial charge on any atom is -0.508 e. The zero-order valence-corrected chi connectivity index (χ0v) is 11.4. The van der Waals surface area contributed by atoms with Crippen LogP contribution in [-0.2, 0) is 11.2 Å². The molecule has 0 aliphatic carbocycles. The van der Waals surface area contributed by atoms with Gasteiger partial charge < -0.3 is 15.3 Å². The summed E-state index contributed by atoms with van der Waals surface area (Å²) in [4.78, 5) is 21.9. The summed E-state index contributed by atoms with van der Waals surface area (Å²) in [5.41, 5.74) is -0.474. The van der Waals surface area contributed by atoms with Crippen LogP contribution in [0.1, 0.15) is 16.4 Å². The van der Waals surface area contributed by atoms with E-state index < -0.39 is 28.2 Å². The lowest BCUT2D eigenvalue weighted by molar-refractivity contribution is -0.385. The fourth-order valence-electron chi connectivity index (χ4n) is 1.94. The average Bonchev–Trinajstić information content (AvgIpc) is 2.90. The Labute approximate surface area is 122 Å². The molecule has 0 saturated heterocycles. The van der Waals surface area contributed by atoms with Crippen molar-refractivity contribution in [1.82, 2.24) is 0 Å². The number of nitro benzene ring substituents is 1. The first-order valence-corrected chi connectivity index (χ1v) is 6.73. The van der Waals surface area contributed by atoms with Crippen LogP contribution in [0.25, 0.3) is 0 Å². The van der Waals surface area contributed by atoms with Crippen molar-refractivity contribution in [3.05, 3.63) is 50.2 Å². The van der Waals surface area contributed by atoms with Gasteiger partial charge in [-0.2, -0.15) is 0 Å². The number of thiophene rings is 1. The van der Waals surface area contributed by atoms with Gasteiger partial charge in [0.05, 0.1) is 10.8 Å². The largest absolute Gasteiger partial charge is 0.508 e. The smallest absolute Gasteiger partial charge is 0.312 e. The van der Waals surface area contributed by atoms with E-state index in [1.165, 1.54) is 11.3 Å². The average molecular weight is 309 g/mol. The van der Waals surface area contributed by atoms with E-state index in [9.17, 15) is 30.2 Å². The first kappa shape index (κ1) is 14.8. The van der Waals surface area contributed by atoms with Crippen molar-refractivity contribution >= 4 is 23.0 Å². The summed E-state index contributed by atoms with van der Waals surface area (Å²) in [6.45, 7) is 0. The van der Waals surface area contributed by atoms with Crippen LogP contribution < -0.4 is 0 Å². The lowest BCUT2D eigenvalue weighted by Gasteiger charge is -2.12. The lowest BCUT2D eigenvalue weighted by atomic mass is 9.96. The van der Waals surface area contributed by atoms with Gasteiger partial charge in [0.15, 0.2) is 5.75 Å². The molecule has 8 heteroatoms. The van der Waals surface area contributed by atoms with Crippen molar-refractivity contribution in [3.8, 4) is 11.5 Å². The highest BCUT2D eigenvalue weighted by molar-refractivity contribution is 7.10. The summed E-state index contributed by atoms with van der Waals surface area (Å²) in [5.74, 6) is -3.04. The van der Waals surface area contributed by atoms with Crippen LogP contribution in [0.2, 0.25) is 0 Å². The van der Waals surface area contributed by atoms with Crippen molar-refractivity contribution in [2.75, 3.05) is 0 Å². The number of nitro groups is 1. The molecule has 1 aromatic heterocycles. The molecule has 3 N–H and O–H groups in total. The third-order valence-electron chi connectivity index (χ3n) is 2.98. The van der Waals surface area contributed by atoms with Gasteiger partial charge in [-0.1, -0.05) is 6.07 Å². The van der Waals surface area contributed by atoms with E-state index >= 15 is 0 Å². The highest BCUT2D eigenvalue weighted by atomic mass is 32.1. The predicted molar refractivity (Wildman–Crippen MR) is 74.8 cm³/mol. The van der Waals surface area contributed by atoms with E-state index in [1.54, 1.807) is 17.5 Å². The summed E-state index contributed by atoms with van der Waals surface area (Å²) in [5, 5.41) is 40.9. The van der Waals surface area contributed by atoms with E-state index in [0.717, 1.165) is 12.1 Å². The molecular weight excluding hydrogens is 298 g/mol. The Morgan fingerprint density at radius 3 is 2.57 bits per heavy atom.